The molecule has 7 heteroatoms. The molecule has 0 radical (unpaired) electrons. The fourth-order valence-corrected chi connectivity index (χ4v) is 2.26. The maximum absolute atomic E-state index is 11.8. The number of nitrogens with zero attached hydrogens (tertiary/aromatic N) is 1. The van der Waals surface area contributed by atoms with Gasteiger partial charge in [-0.05, 0) is 30.2 Å². The molecule has 0 aliphatic carbocycles. The molecule has 7 nitrogen and oxygen atoms in total. The zero-order valence-electron chi connectivity index (χ0n) is 13.9. The average Bonchev–Trinajstić information content (AvgIpc) is 2.62. The number of benzene rings is 2. The van der Waals surface area contributed by atoms with Gasteiger partial charge in [-0.3, -0.25) is 14.9 Å². The molecule has 132 valence electrons. The van der Waals surface area contributed by atoms with Crippen LogP contribution >= 0.6 is 0 Å². The number of amides is 1. The molecule has 0 fully saturated rings. The number of non-ortho nitro benzene ring substituents is 1. The van der Waals surface area contributed by atoms with E-state index in [9.17, 15) is 14.9 Å². The molecule has 0 bridgehead atoms. The van der Waals surface area contributed by atoms with Gasteiger partial charge < -0.3 is 14.8 Å². The SMILES string of the molecule is COc1ccccc1CCNC(=O)CCOc1ccc([N+](=O)[O-])cc1. The maximum atomic E-state index is 11.8. The van der Waals surface area contributed by atoms with Gasteiger partial charge in [0, 0.05) is 18.7 Å². The number of nitro groups is 1. The van der Waals surface area contributed by atoms with Crippen molar-refractivity contribution in [3.63, 3.8) is 0 Å². The van der Waals surface area contributed by atoms with Gasteiger partial charge >= 0.3 is 0 Å². The lowest BCUT2D eigenvalue weighted by Gasteiger charge is -2.09. The Morgan fingerprint density at radius 2 is 1.88 bits per heavy atom. The largest absolute Gasteiger partial charge is 0.496 e. The first-order valence-corrected chi connectivity index (χ1v) is 7.86. The van der Waals surface area contributed by atoms with E-state index in [1.165, 1.54) is 24.3 Å². The van der Waals surface area contributed by atoms with Crippen molar-refractivity contribution in [2.75, 3.05) is 20.3 Å². The van der Waals surface area contributed by atoms with Crippen LogP contribution in [0.3, 0.4) is 0 Å². The van der Waals surface area contributed by atoms with Crippen LogP contribution in [-0.4, -0.2) is 31.1 Å². The van der Waals surface area contributed by atoms with E-state index < -0.39 is 4.92 Å². The van der Waals surface area contributed by atoms with E-state index in [4.69, 9.17) is 9.47 Å². The highest BCUT2D eigenvalue weighted by Crippen LogP contribution is 2.18. The molecule has 1 N–H and O–H groups in total. The fourth-order valence-electron chi connectivity index (χ4n) is 2.26. The molecule has 0 aliphatic heterocycles. The van der Waals surface area contributed by atoms with Crippen molar-refractivity contribution in [3.05, 3.63) is 64.2 Å². The smallest absolute Gasteiger partial charge is 0.269 e. The highest BCUT2D eigenvalue weighted by atomic mass is 16.6. The number of para-hydroxylation sites is 1. The summed E-state index contributed by atoms with van der Waals surface area (Å²) < 4.78 is 10.7. The number of rotatable bonds is 9. The molecule has 2 aromatic carbocycles. The summed E-state index contributed by atoms with van der Waals surface area (Å²) in [5, 5.41) is 13.4. The summed E-state index contributed by atoms with van der Waals surface area (Å²) in [5.41, 5.74) is 1.04. The predicted molar refractivity (Wildman–Crippen MR) is 92.9 cm³/mol. The lowest BCUT2D eigenvalue weighted by Crippen LogP contribution is -2.27. The molecule has 2 rings (SSSR count). The molecule has 0 aromatic heterocycles. The minimum absolute atomic E-state index is 0.00133. The van der Waals surface area contributed by atoms with Crippen molar-refractivity contribution in [1.82, 2.24) is 5.32 Å². The molecule has 0 aliphatic rings. The molecular formula is C18H20N2O5. The van der Waals surface area contributed by atoms with Crippen LogP contribution in [0.5, 0.6) is 11.5 Å². The summed E-state index contributed by atoms with van der Waals surface area (Å²) in [4.78, 5) is 21.9. The molecule has 25 heavy (non-hydrogen) atoms. The number of hydrogen-bond acceptors (Lipinski definition) is 5. The predicted octanol–water partition coefficient (Wildman–Crippen LogP) is 2.73. The van der Waals surface area contributed by atoms with E-state index in [0.29, 0.717) is 18.7 Å². The van der Waals surface area contributed by atoms with Crippen molar-refractivity contribution < 1.29 is 19.2 Å². The second kappa shape index (κ2) is 9.27. The van der Waals surface area contributed by atoms with Crippen LogP contribution in [0.25, 0.3) is 0 Å². The van der Waals surface area contributed by atoms with Crippen molar-refractivity contribution in [2.45, 2.75) is 12.8 Å². The Morgan fingerprint density at radius 1 is 1.16 bits per heavy atom. The van der Waals surface area contributed by atoms with Gasteiger partial charge in [-0.25, -0.2) is 0 Å². The Kier molecular flexibility index (Phi) is 6.76. The van der Waals surface area contributed by atoms with Gasteiger partial charge in [0.15, 0.2) is 0 Å². The van der Waals surface area contributed by atoms with Gasteiger partial charge in [0.05, 0.1) is 25.1 Å². The third-order valence-electron chi connectivity index (χ3n) is 3.55. The molecule has 0 unspecified atom stereocenters. The number of carbonyl (C=O) groups is 1. The Balaban J connectivity index is 1.68. The Hall–Kier alpha value is -3.09. The molecule has 0 saturated carbocycles. The fraction of sp³-hybridized carbons (Fsp3) is 0.278. The van der Waals surface area contributed by atoms with Gasteiger partial charge in [0.2, 0.25) is 5.91 Å². The normalized spacial score (nSPS) is 10.1. The third-order valence-corrected chi connectivity index (χ3v) is 3.55. The van der Waals surface area contributed by atoms with Crippen LogP contribution in [-0.2, 0) is 11.2 Å². The second-order valence-corrected chi connectivity index (χ2v) is 5.26. The number of methoxy groups -OCH3 is 1. The first kappa shape index (κ1) is 18.3. The molecule has 2 aromatic rings. The van der Waals surface area contributed by atoms with E-state index in [1.54, 1.807) is 7.11 Å². The molecule has 1 amide bonds. The van der Waals surface area contributed by atoms with Crippen molar-refractivity contribution in [2.24, 2.45) is 0 Å². The quantitative estimate of drug-likeness (QED) is 0.558. The van der Waals surface area contributed by atoms with Gasteiger partial charge in [0.1, 0.15) is 11.5 Å². The zero-order valence-corrected chi connectivity index (χ0v) is 13.9. The molecule has 0 heterocycles. The Morgan fingerprint density at radius 3 is 2.56 bits per heavy atom. The van der Waals surface area contributed by atoms with Crippen LogP contribution in [0.1, 0.15) is 12.0 Å². The Labute approximate surface area is 145 Å². The van der Waals surface area contributed by atoms with E-state index in [2.05, 4.69) is 5.32 Å². The second-order valence-electron chi connectivity index (χ2n) is 5.26. The summed E-state index contributed by atoms with van der Waals surface area (Å²) in [7, 11) is 1.62. The number of nitrogens with one attached hydrogen (secondary N) is 1. The van der Waals surface area contributed by atoms with Gasteiger partial charge in [-0.2, -0.15) is 0 Å². The van der Waals surface area contributed by atoms with Crippen LogP contribution < -0.4 is 14.8 Å². The first-order chi connectivity index (χ1) is 12.1. The van der Waals surface area contributed by atoms with Crippen molar-refractivity contribution in [3.8, 4) is 11.5 Å². The third kappa shape index (κ3) is 5.80. The monoisotopic (exact) mass is 344 g/mol. The number of carbonyl (C=O) groups excluding carboxylic acids is 1. The number of nitro benzene ring substituents is 1. The summed E-state index contributed by atoms with van der Waals surface area (Å²) in [6.07, 6.45) is 0.891. The van der Waals surface area contributed by atoms with E-state index in [0.717, 1.165) is 11.3 Å². The highest BCUT2D eigenvalue weighted by molar-refractivity contribution is 5.76. The van der Waals surface area contributed by atoms with Gasteiger partial charge in [0.25, 0.3) is 5.69 Å². The molecular weight excluding hydrogens is 324 g/mol. The average molecular weight is 344 g/mol. The lowest BCUT2D eigenvalue weighted by atomic mass is 10.1. The van der Waals surface area contributed by atoms with Crippen LogP contribution in [0, 0.1) is 10.1 Å². The molecule has 0 spiro atoms. The Bertz CT molecular complexity index is 716. The number of hydrogen-bond donors (Lipinski definition) is 1. The molecule has 0 atom stereocenters. The van der Waals surface area contributed by atoms with Gasteiger partial charge in [-0.15, -0.1) is 0 Å². The van der Waals surface area contributed by atoms with E-state index >= 15 is 0 Å². The minimum atomic E-state index is -0.473. The van der Waals surface area contributed by atoms with E-state index in [1.807, 2.05) is 24.3 Å². The zero-order chi connectivity index (χ0) is 18.1. The standard InChI is InChI=1S/C18H20N2O5/c1-24-17-5-3-2-4-14(17)10-12-19-18(21)11-13-25-16-8-6-15(7-9-16)20(22)23/h2-9H,10-13H2,1H3,(H,19,21). The van der Waals surface area contributed by atoms with Gasteiger partial charge in [-0.1, -0.05) is 18.2 Å². The van der Waals surface area contributed by atoms with E-state index in [-0.39, 0.29) is 24.6 Å². The first-order valence-electron chi connectivity index (χ1n) is 7.86. The lowest BCUT2D eigenvalue weighted by molar-refractivity contribution is -0.384. The number of ether oxygens (including phenoxy) is 2. The summed E-state index contributed by atoms with van der Waals surface area (Å²) in [6, 6.07) is 13.4. The summed E-state index contributed by atoms with van der Waals surface area (Å²) in [6.45, 7) is 0.717. The summed E-state index contributed by atoms with van der Waals surface area (Å²) >= 11 is 0. The minimum Gasteiger partial charge on any atom is -0.496 e. The topological polar surface area (TPSA) is 90.7 Å². The molecule has 0 saturated heterocycles. The van der Waals surface area contributed by atoms with Crippen LogP contribution in [0.15, 0.2) is 48.5 Å². The van der Waals surface area contributed by atoms with Crippen LogP contribution in [0.2, 0.25) is 0 Å². The maximum Gasteiger partial charge on any atom is 0.269 e. The summed E-state index contributed by atoms with van der Waals surface area (Å²) in [5.74, 6) is 1.18. The van der Waals surface area contributed by atoms with Crippen molar-refractivity contribution >= 4 is 11.6 Å². The van der Waals surface area contributed by atoms with Crippen LogP contribution in [0.4, 0.5) is 5.69 Å². The van der Waals surface area contributed by atoms with Crippen molar-refractivity contribution in [1.29, 1.82) is 0 Å². The highest BCUT2D eigenvalue weighted by Gasteiger charge is 2.06.